The van der Waals surface area contributed by atoms with Gasteiger partial charge in [0.25, 0.3) is 0 Å². The summed E-state index contributed by atoms with van der Waals surface area (Å²) in [7, 11) is 0. The lowest BCUT2D eigenvalue weighted by Gasteiger charge is -2.06. The zero-order valence-electron chi connectivity index (χ0n) is 6.84. The van der Waals surface area contributed by atoms with E-state index in [0.717, 1.165) is 6.07 Å². The maximum absolute atomic E-state index is 11.8. The first-order chi connectivity index (χ1) is 6.50. The number of halogens is 3. The molecule has 1 amide bonds. The largest absolute Gasteiger partial charge is 0.433 e. The summed E-state index contributed by atoms with van der Waals surface area (Å²) in [4.78, 5) is 10.7. The molecule has 3 nitrogen and oxygen atoms in total. The molecule has 0 aliphatic heterocycles. The zero-order valence-corrected chi connectivity index (χ0v) is 7.59. The molecule has 0 radical (unpaired) electrons. The fourth-order valence-electron chi connectivity index (χ4n) is 0.846. The van der Waals surface area contributed by atoms with Crippen LogP contribution in [0.5, 0.6) is 5.75 Å². The van der Waals surface area contributed by atoms with E-state index in [1.807, 2.05) is 0 Å². The number of alkyl halides is 2. The highest BCUT2D eigenvalue weighted by atomic mass is 35.5. The molecule has 0 aliphatic carbocycles. The smallest absolute Gasteiger partial charge is 0.387 e. The second-order valence-corrected chi connectivity index (χ2v) is 2.80. The standard InChI is InChI=1S/C8H6ClF2NO2/c9-5-3-4(7(12)13)1-2-6(5)14-8(10)11/h1-3,8H,(H2,12,13). The molecule has 6 heteroatoms. The molecule has 0 unspecified atom stereocenters. The van der Waals surface area contributed by atoms with Gasteiger partial charge in [-0.15, -0.1) is 0 Å². The fraction of sp³-hybridized carbons (Fsp3) is 0.125. The number of rotatable bonds is 3. The van der Waals surface area contributed by atoms with Gasteiger partial charge in [0, 0.05) is 5.56 Å². The van der Waals surface area contributed by atoms with Gasteiger partial charge in [-0.05, 0) is 18.2 Å². The monoisotopic (exact) mass is 221 g/mol. The van der Waals surface area contributed by atoms with Gasteiger partial charge >= 0.3 is 6.61 Å². The van der Waals surface area contributed by atoms with E-state index in [-0.39, 0.29) is 16.3 Å². The first-order valence-electron chi connectivity index (χ1n) is 3.55. The Morgan fingerprint density at radius 3 is 2.57 bits per heavy atom. The summed E-state index contributed by atoms with van der Waals surface area (Å²) in [6.45, 7) is -2.95. The van der Waals surface area contributed by atoms with Crippen LogP contribution in [0.15, 0.2) is 18.2 Å². The molecule has 76 valence electrons. The van der Waals surface area contributed by atoms with E-state index < -0.39 is 12.5 Å². The average Bonchev–Trinajstić information content (AvgIpc) is 2.07. The van der Waals surface area contributed by atoms with Gasteiger partial charge in [-0.3, -0.25) is 4.79 Å². The van der Waals surface area contributed by atoms with Gasteiger partial charge in [0.2, 0.25) is 5.91 Å². The minimum Gasteiger partial charge on any atom is -0.433 e. The number of carbonyl (C=O) groups excluding carboxylic acids is 1. The summed E-state index contributed by atoms with van der Waals surface area (Å²) in [6, 6.07) is 3.59. The minimum atomic E-state index is -2.95. The highest BCUT2D eigenvalue weighted by Crippen LogP contribution is 2.26. The average molecular weight is 222 g/mol. The number of benzene rings is 1. The molecule has 2 N–H and O–H groups in total. The van der Waals surface area contributed by atoms with E-state index >= 15 is 0 Å². The van der Waals surface area contributed by atoms with E-state index in [1.165, 1.54) is 12.1 Å². The Balaban J connectivity index is 2.95. The number of carbonyl (C=O) groups is 1. The Labute approximate surface area is 83.4 Å². The second-order valence-electron chi connectivity index (χ2n) is 2.39. The van der Waals surface area contributed by atoms with Crippen LogP contribution in [0.1, 0.15) is 10.4 Å². The molecule has 0 aliphatic rings. The van der Waals surface area contributed by atoms with Crippen LogP contribution in [0.3, 0.4) is 0 Å². The van der Waals surface area contributed by atoms with Crippen molar-refractivity contribution in [3.8, 4) is 5.75 Å². The molecule has 0 saturated heterocycles. The van der Waals surface area contributed by atoms with E-state index in [0.29, 0.717) is 0 Å². The Morgan fingerprint density at radius 2 is 2.14 bits per heavy atom. The Morgan fingerprint density at radius 1 is 1.50 bits per heavy atom. The van der Waals surface area contributed by atoms with Gasteiger partial charge < -0.3 is 10.5 Å². The first-order valence-corrected chi connectivity index (χ1v) is 3.92. The third-order valence-electron chi connectivity index (χ3n) is 1.43. The van der Waals surface area contributed by atoms with Gasteiger partial charge in [0.15, 0.2) is 0 Å². The van der Waals surface area contributed by atoms with E-state index in [2.05, 4.69) is 4.74 Å². The number of hydrogen-bond acceptors (Lipinski definition) is 2. The van der Waals surface area contributed by atoms with Crippen molar-refractivity contribution in [2.75, 3.05) is 0 Å². The van der Waals surface area contributed by atoms with Crippen LogP contribution < -0.4 is 10.5 Å². The van der Waals surface area contributed by atoms with Gasteiger partial charge in [0.05, 0.1) is 5.02 Å². The summed E-state index contributed by atoms with van der Waals surface area (Å²) in [5, 5.41) is -0.0819. The Bertz CT molecular complexity index is 357. The van der Waals surface area contributed by atoms with E-state index in [4.69, 9.17) is 17.3 Å². The quantitative estimate of drug-likeness (QED) is 0.849. The molecule has 1 aromatic rings. The molecule has 1 rings (SSSR count). The molecule has 0 heterocycles. The first kappa shape index (κ1) is 10.7. The summed E-state index contributed by atoms with van der Waals surface area (Å²) < 4.78 is 27.6. The van der Waals surface area contributed by atoms with E-state index in [9.17, 15) is 13.6 Å². The summed E-state index contributed by atoms with van der Waals surface area (Å²) >= 11 is 5.55. The predicted octanol–water partition coefficient (Wildman–Crippen LogP) is 2.04. The van der Waals surface area contributed by atoms with Crippen LogP contribution in [-0.4, -0.2) is 12.5 Å². The van der Waals surface area contributed by atoms with Gasteiger partial charge in [-0.25, -0.2) is 0 Å². The lowest BCUT2D eigenvalue weighted by molar-refractivity contribution is -0.0497. The highest BCUT2D eigenvalue weighted by molar-refractivity contribution is 6.32. The molecular weight excluding hydrogens is 216 g/mol. The molecule has 0 fully saturated rings. The van der Waals surface area contributed by atoms with Crippen LogP contribution in [0.4, 0.5) is 8.78 Å². The number of ether oxygens (including phenoxy) is 1. The van der Waals surface area contributed by atoms with Crippen molar-refractivity contribution in [3.63, 3.8) is 0 Å². The molecule has 0 atom stereocenters. The second kappa shape index (κ2) is 4.23. The van der Waals surface area contributed by atoms with Crippen molar-refractivity contribution in [3.05, 3.63) is 28.8 Å². The Kier molecular flexibility index (Phi) is 3.24. The van der Waals surface area contributed by atoms with Crippen molar-refractivity contribution in [1.29, 1.82) is 0 Å². The maximum atomic E-state index is 11.8. The molecule has 14 heavy (non-hydrogen) atoms. The third kappa shape index (κ3) is 2.56. The van der Waals surface area contributed by atoms with E-state index in [1.54, 1.807) is 0 Å². The summed E-state index contributed by atoms with van der Waals surface area (Å²) in [5.41, 5.74) is 5.08. The maximum Gasteiger partial charge on any atom is 0.387 e. The van der Waals surface area contributed by atoms with Crippen molar-refractivity contribution in [1.82, 2.24) is 0 Å². The topological polar surface area (TPSA) is 52.3 Å². The van der Waals surface area contributed by atoms with Crippen molar-refractivity contribution >= 4 is 17.5 Å². The van der Waals surface area contributed by atoms with Gasteiger partial charge in [0.1, 0.15) is 5.75 Å². The number of hydrogen-bond donors (Lipinski definition) is 1. The molecule has 0 aromatic heterocycles. The van der Waals surface area contributed by atoms with Crippen LogP contribution in [-0.2, 0) is 0 Å². The highest BCUT2D eigenvalue weighted by Gasteiger charge is 2.10. The number of amides is 1. The van der Waals surface area contributed by atoms with Crippen LogP contribution in [0.2, 0.25) is 5.02 Å². The molecule has 0 spiro atoms. The van der Waals surface area contributed by atoms with Gasteiger partial charge in [-0.1, -0.05) is 11.6 Å². The number of primary amides is 1. The van der Waals surface area contributed by atoms with Crippen molar-refractivity contribution < 1.29 is 18.3 Å². The minimum absolute atomic E-state index is 0.0819. The van der Waals surface area contributed by atoms with Crippen molar-refractivity contribution in [2.24, 2.45) is 5.73 Å². The van der Waals surface area contributed by atoms with Gasteiger partial charge in [-0.2, -0.15) is 8.78 Å². The number of nitrogens with two attached hydrogens (primary N) is 1. The third-order valence-corrected chi connectivity index (χ3v) is 1.73. The lowest BCUT2D eigenvalue weighted by atomic mass is 10.2. The Hall–Kier alpha value is -1.36. The molecule has 0 bridgehead atoms. The van der Waals surface area contributed by atoms with Crippen LogP contribution >= 0.6 is 11.6 Å². The lowest BCUT2D eigenvalue weighted by Crippen LogP contribution is -2.11. The predicted molar refractivity (Wildman–Crippen MR) is 46.6 cm³/mol. The summed E-state index contributed by atoms with van der Waals surface area (Å²) in [6.07, 6.45) is 0. The fourth-order valence-corrected chi connectivity index (χ4v) is 1.07. The van der Waals surface area contributed by atoms with Crippen molar-refractivity contribution in [2.45, 2.75) is 6.61 Å². The van der Waals surface area contributed by atoms with Crippen LogP contribution in [0, 0.1) is 0 Å². The SMILES string of the molecule is NC(=O)c1ccc(OC(F)F)c(Cl)c1. The van der Waals surface area contributed by atoms with Crippen LogP contribution in [0.25, 0.3) is 0 Å². The molecule has 0 saturated carbocycles. The molecular formula is C8H6ClF2NO2. The normalized spacial score (nSPS) is 10.3. The summed E-state index contributed by atoms with van der Waals surface area (Å²) in [5.74, 6) is -0.873. The molecule has 1 aromatic carbocycles. The zero-order chi connectivity index (χ0) is 10.7.